The maximum Gasteiger partial charge on any atom is 0.312 e. The van der Waals surface area contributed by atoms with Crippen LogP contribution >= 0.6 is 22.6 Å². The molecular formula is C20H16IN4+. The molecule has 5 aromatic rings. The van der Waals surface area contributed by atoms with Crippen LogP contribution in [0, 0.1) is 10.5 Å². The van der Waals surface area contributed by atoms with E-state index >= 15 is 0 Å². The third-order valence-electron chi connectivity index (χ3n) is 4.81. The fraction of sp³-hybridized carbons (Fsp3) is 0.100. The summed E-state index contributed by atoms with van der Waals surface area (Å²) < 4.78 is 7.93. The topological polar surface area (TPSA) is 26.1 Å². The van der Waals surface area contributed by atoms with Crippen LogP contribution in [0.3, 0.4) is 0 Å². The van der Waals surface area contributed by atoms with Gasteiger partial charge < -0.3 is 0 Å². The Kier molecular flexibility index (Phi) is 3.15. The molecule has 0 aliphatic rings. The van der Waals surface area contributed by atoms with Crippen LogP contribution in [0.5, 0.6) is 0 Å². The van der Waals surface area contributed by atoms with E-state index < -0.39 is 0 Å². The van der Waals surface area contributed by atoms with Crippen LogP contribution in [0.4, 0.5) is 0 Å². The van der Waals surface area contributed by atoms with E-state index in [0.29, 0.717) is 0 Å². The van der Waals surface area contributed by atoms with Gasteiger partial charge in [-0.3, -0.25) is 4.40 Å². The Balaban J connectivity index is 2.10. The van der Waals surface area contributed by atoms with Gasteiger partial charge in [-0.05, 0) is 59.8 Å². The Morgan fingerprint density at radius 2 is 1.76 bits per heavy atom. The van der Waals surface area contributed by atoms with Gasteiger partial charge in [0.25, 0.3) is 5.82 Å². The van der Waals surface area contributed by atoms with E-state index in [1.165, 1.54) is 20.2 Å². The second-order valence-corrected chi connectivity index (χ2v) is 7.44. The lowest BCUT2D eigenvalue weighted by atomic mass is 10.2. The first-order valence-corrected chi connectivity index (χ1v) is 9.26. The predicted molar refractivity (Wildman–Crippen MR) is 108 cm³/mol. The summed E-state index contributed by atoms with van der Waals surface area (Å²) in [6.07, 6.45) is 2.07. The lowest BCUT2D eigenvalue weighted by Gasteiger charge is -2.04. The third kappa shape index (κ3) is 1.99. The largest absolute Gasteiger partial charge is 0.312 e. The van der Waals surface area contributed by atoms with E-state index in [-0.39, 0.29) is 0 Å². The van der Waals surface area contributed by atoms with Gasteiger partial charge in [0, 0.05) is 15.2 Å². The standard InChI is InChI=1S/C20H16IN4/c1-13-14(21)10-11-17-19(13)25(18-9-5-6-12-23(18)2)20-22-15-7-3-4-8-16(15)24(17)20/h3-12H,1-2H3/q+1. The molecule has 3 aromatic heterocycles. The van der Waals surface area contributed by atoms with Crippen molar-refractivity contribution in [1.29, 1.82) is 0 Å². The maximum atomic E-state index is 4.95. The molecule has 0 saturated carbocycles. The van der Waals surface area contributed by atoms with E-state index in [1.807, 2.05) is 12.1 Å². The summed E-state index contributed by atoms with van der Waals surface area (Å²) in [4.78, 5) is 4.95. The van der Waals surface area contributed by atoms with Crippen molar-refractivity contribution in [1.82, 2.24) is 14.0 Å². The molecule has 0 atom stereocenters. The Morgan fingerprint density at radius 1 is 0.960 bits per heavy atom. The van der Waals surface area contributed by atoms with Crippen LogP contribution in [0.25, 0.3) is 33.7 Å². The monoisotopic (exact) mass is 439 g/mol. The first-order chi connectivity index (χ1) is 12.2. The number of aryl methyl sites for hydroxylation is 2. The lowest BCUT2D eigenvalue weighted by Crippen LogP contribution is -2.33. The third-order valence-corrected chi connectivity index (χ3v) is 5.98. The van der Waals surface area contributed by atoms with Gasteiger partial charge in [-0.15, -0.1) is 0 Å². The van der Waals surface area contributed by atoms with Gasteiger partial charge in [0.05, 0.1) is 29.8 Å². The van der Waals surface area contributed by atoms with Crippen molar-refractivity contribution in [3.8, 4) is 5.82 Å². The Hall–Kier alpha value is -2.41. The zero-order valence-electron chi connectivity index (χ0n) is 13.9. The van der Waals surface area contributed by atoms with Crippen molar-refractivity contribution in [3.63, 3.8) is 0 Å². The molecule has 0 N–H and O–H groups in total. The van der Waals surface area contributed by atoms with Crippen LogP contribution in [0.2, 0.25) is 0 Å². The van der Waals surface area contributed by atoms with Crippen LogP contribution in [-0.2, 0) is 7.05 Å². The van der Waals surface area contributed by atoms with E-state index in [0.717, 1.165) is 22.6 Å². The molecule has 0 fully saturated rings. The van der Waals surface area contributed by atoms with Crippen LogP contribution in [0.15, 0.2) is 60.8 Å². The average molecular weight is 439 g/mol. The first kappa shape index (κ1) is 14.9. The summed E-state index contributed by atoms with van der Waals surface area (Å²) >= 11 is 2.41. The molecule has 2 aromatic carbocycles. The first-order valence-electron chi connectivity index (χ1n) is 8.18. The van der Waals surface area contributed by atoms with E-state index in [1.54, 1.807) is 0 Å². The molecule has 0 spiro atoms. The highest BCUT2D eigenvalue weighted by molar-refractivity contribution is 14.1. The second-order valence-electron chi connectivity index (χ2n) is 6.28. The van der Waals surface area contributed by atoms with Gasteiger partial charge >= 0.3 is 5.78 Å². The predicted octanol–water partition coefficient (Wildman–Crippen LogP) is 4.17. The molecule has 0 saturated heterocycles. The Bertz CT molecular complexity index is 1280. The molecule has 3 heterocycles. The molecule has 0 bridgehead atoms. The van der Waals surface area contributed by atoms with Gasteiger partial charge in [-0.1, -0.05) is 18.2 Å². The number of para-hydroxylation sites is 2. The molecule has 0 unspecified atom stereocenters. The van der Waals surface area contributed by atoms with E-state index in [4.69, 9.17) is 4.98 Å². The van der Waals surface area contributed by atoms with Crippen molar-refractivity contribution in [3.05, 3.63) is 69.9 Å². The zero-order valence-corrected chi connectivity index (χ0v) is 16.1. The maximum absolute atomic E-state index is 4.95. The Morgan fingerprint density at radius 3 is 2.60 bits per heavy atom. The fourth-order valence-electron chi connectivity index (χ4n) is 3.59. The minimum Gasteiger partial charge on any atom is -0.254 e. The van der Waals surface area contributed by atoms with Crippen LogP contribution in [-0.4, -0.2) is 14.0 Å². The SMILES string of the molecule is Cc1c(I)ccc2c1n(-c1cccc[n+]1C)c1nc3ccccc3n21. The number of benzene rings is 2. The quantitative estimate of drug-likeness (QED) is 0.285. The van der Waals surface area contributed by atoms with Gasteiger partial charge in [-0.2, -0.15) is 9.55 Å². The molecule has 4 nitrogen and oxygen atoms in total. The molecular weight excluding hydrogens is 423 g/mol. The number of pyridine rings is 1. The smallest absolute Gasteiger partial charge is 0.254 e. The minimum atomic E-state index is 0.947. The van der Waals surface area contributed by atoms with Gasteiger partial charge in [-0.25, -0.2) is 4.57 Å². The zero-order chi connectivity index (χ0) is 17.1. The second kappa shape index (κ2) is 5.29. The van der Waals surface area contributed by atoms with Crippen LogP contribution in [0.1, 0.15) is 5.56 Å². The fourth-order valence-corrected chi connectivity index (χ4v) is 4.02. The van der Waals surface area contributed by atoms with Crippen LogP contribution < -0.4 is 4.57 Å². The van der Waals surface area contributed by atoms with Crippen molar-refractivity contribution < 1.29 is 4.57 Å². The highest BCUT2D eigenvalue weighted by Gasteiger charge is 2.26. The number of fused-ring (bicyclic) bond motifs is 5. The molecule has 0 aliphatic carbocycles. The average Bonchev–Trinajstić information content (AvgIpc) is 3.14. The van der Waals surface area contributed by atoms with Gasteiger partial charge in [0.2, 0.25) is 0 Å². The van der Waals surface area contributed by atoms with E-state index in [9.17, 15) is 0 Å². The Labute approximate surface area is 158 Å². The highest BCUT2D eigenvalue weighted by atomic mass is 127. The van der Waals surface area contributed by atoms with Gasteiger partial charge in [0.15, 0.2) is 5.52 Å². The molecule has 25 heavy (non-hydrogen) atoms. The summed E-state index contributed by atoms with van der Waals surface area (Å²) in [5.41, 5.74) is 5.83. The molecule has 0 aliphatic heterocycles. The lowest BCUT2D eigenvalue weighted by molar-refractivity contribution is -0.665. The minimum absolute atomic E-state index is 0.947. The number of nitrogens with zero attached hydrogens (tertiary/aromatic N) is 4. The summed E-state index contributed by atoms with van der Waals surface area (Å²) in [6, 6.07) is 19.0. The van der Waals surface area contributed by atoms with Crippen molar-refractivity contribution in [2.24, 2.45) is 7.05 Å². The molecule has 0 amide bonds. The number of imidazole rings is 2. The van der Waals surface area contributed by atoms with E-state index in [2.05, 4.69) is 98.8 Å². The number of hydrogen-bond acceptors (Lipinski definition) is 1. The number of rotatable bonds is 1. The van der Waals surface area contributed by atoms with Gasteiger partial charge in [0.1, 0.15) is 0 Å². The highest BCUT2D eigenvalue weighted by Crippen LogP contribution is 2.31. The normalized spacial score (nSPS) is 11.8. The van der Waals surface area contributed by atoms with Crippen molar-refractivity contribution in [2.45, 2.75) is 6.92 Å². The molecule has 122 valence electrons. The summed E-state index contributed by atoms with van der Waals surface area (Å²) in [7, 11) is 2.07. The van der Waals surface area contributed by atoms with Crippen molar-refractivity contribution in [2.75, 3.05) is 0 Å². The summed E-state index contributed by atoms with van der Waals surface area (Å²) in [5.74, 6) is 2.05. The van der Waals surface area contributed by atoms with Crippen molar-refractivity contribution >= 4 is 50.4 Å². The summed E-state index contributed by atoms with van der Waals surface area (Å²) in [6.45, 7) is 2.19. The number of aromatic nitrogens is 4. The number of halogens is 1. The summed E-state index contributed by atoms with van der Waals surface area (Å²) in [5, 5.41) is 0. The molecule has 5 heteroatoms. The molecule has 5 rings (SSSR count). The number of hydrogen-bond donors (Lipinski definition) is 0. The molecule has 0 radical (unpaired) electrons.